The molecule has 0 saturated carbocycles. The fraction of sp³-hybridized carbons (Fsp3) is 0.727. The molecule has 1 unspecified atom stereocenters. The zero-order chi connectivity index (χ0) is 13.4. The number of nitrogens with zero attached hydrogens (tertiary/aromatic N) is 3. The van der Waals surface area contributed by atoms with Gasteiger partial charge in [0.15, 0.2) is 0 Å². The summed E-state index contributed by atoms with van der Waals surface area (Å²) in [4.78, 5) is 12.5. The molecular weight excluding hydrogens is 250 g/mol. The number of anilines is 2. The number of hydrogen-bond acceptors (Lipinski definition) is 7. The monoisotopic (exact) mass is 271 g/mol. The van der Waals surface area contributed by atoms with Crippen LogP contribution in [0.15, 0.2) is 0 Å². The van der Waals surface area contributed by atoms with Crippen molar-refractivity contribution >= 4 is 23.7 Å². The Bertz CT molecular complexity index is 341. The van der Waals surface area contributed by atoms with Crippen LogP contribution in [0.2, 0.25) is 0 Å². The summed E-state index contributed by atoms with van der Waals surface area (Å²) < 4.78 is 5.03. The fourth-order valence-electron chi connectivity index (χ4n) is 1.32. The summed E-state index contributed by atoms with van der Waals surface area (Å²) in [6.45, 7) is 4.28. The summed E-state index contributed by atoms with van der Waals surface area (Å²) in [5.74, 6) is 3.32. The average Bonchev–Trinajstić information content (AvgIpc) is 2.38. The van der Waals surface area contributed by atoms with E-state index in [1.54, 1.807) is 14.2 Å². The van der Waals surface area contributed by atoms with Gasteiger partial charge in [0.1, 0.15) is 0 Å². The Kier molecular flexibility index (Phi) is 6.56. The minimum Gasteiger partial charge on any atom is -0.467 e. The normalized spacial score (nSPS) is 12.0. The third-order valence-corrected chi connectivity index (χ3v) is 3.23. The van der Waals surface area contributed by atoms with E-state index < -0.39 is 0 Å². The molecule has 6 nitrogen and oxygen atoms in total. The zero-order valence-corrected chi connectivity index (χ0v) is 12.2. The number of thioether (sulfide) groups is 1. The van der Waals surface area contributed by atoms with Crippen LogP contribution in [0.25, 0.3) is 0 Å². The van der Waals surface area contributed by atoms with Crippen LogP contribution in [0, 0.1) is 0 Å². The maximum atomic E-state index is 5.03. The van der Waals surface area contributed by atoms with Gasteiger partial charge in [0.25, 0.3) is 0 Å². The molecule has 0 bridgehead atoms. The highest BCUT2D eigenvalue weighted by molar-refractivity contribution is 7.99. The Hall–Kier alpha value is -1.24. The second-order valence-electron chi connectivity index (χ2n) is 3.75. The molecule has 7 heteroatoms. The maximum Gasteiger partial charge on any atom is 0.322 e. The van der Waals surface area contributed by atoms with Crippen molar-refractivity contribution in [3.05, 3.63) is 0 Å². The Labute approximate surface area is 112 Å². The first-order valence-electron chi connectivity index (χ1n) is 6.01. The molecule has 0 amide bonds. The molecule has 102 valence electrons. The second-order valence-corrected chi connectivity index (χ2v) is 5.14. The van der Waals surface area contributed by atoms with Gasteiger partial charge in [-0.25, -0.2) is 0 Å². The summed E-state index contributed by atoms with van der Waals surface area (Å²) in [6.07, 6.45) is 1.07. The van der Waals surface area contributed by atoms with Crippen LogP contribution in [0.5, 0.6) is 6.01 Å². The zero-order valence-electron chi connectivity index (χ0n) is 11.4. The predicted octanol–water partition coefficient (Wildman–Crippen LogP) is 1.87. The lowest BCUT2D eigenvalue weighted by Crippen LogP contribution is -2.19. The molecule has 0 radical (unpaired) electrons. The maximum absolute atomic E-state index is 5.03. The van der Waals surface area contributed by atoms with Crippen molar-refractivity contribution < 1.29 is 4.74 Å². The highest BCUT2D eigenvalue weighted by Crippen LogP contribution is 2.12. The molecular formula is C11H21N5OS. The van der Waals surface area contributed by atoms with E-state index in [0.29, 0.717) is 23.9 Å². The van der Waals surface area contributed by atoms with Gasteiger partial charge in [0.2, 0.25) is 11.9 Å². The molecule has 0 aliphatic rings. The SMILES string of the molecule is CCSCCC(C)Nc1nc(NC)nc(OC)n1. The van der Waals surface area contributed by atoms with E-state index in [1.165, 1.54) is 0 Å². The van der Waals surface area contributed by atoms with Crippen LogP contribution in [-0.4, -0.2) is 46.7 Å². The van der Waals surface area contributed by atoms with E-state index in [9.17, 15) is 0 Å². The van der Waals surface area contributed by atoms with Gasteiger partial charge >= 0.3 is 6.01 Å². The average molecular weight is 271 g/mol. The van der Waals surface area contributed by atoms with Gasteiger partial charge in [-0.05, 0) is 24.9 Å². The lowest BCUT2D eigenvalue weighted by Gasteiger charge is -2.14. The van der Waals surface area contributed by atoms with Gasteiger partial charge in [-0.1, -0.05) is 6.92 Å². The minimum atomic E-state index is 0.312. The molecule has 0 aliphatic heterocycles. The largest absolute Gasteiger partial charge is 0.467 e. The van der Waals surface area contributed by atoms with Crippen molar-refractivity contribution in [2.45, 2.75) is 26.3 Å². The summed E-state index contributed by atoms with van der Waals surface area (Å²) >= 11 is 1.93. The molecule has 1 aromatic rings. The van der Waals surface area contributed by atoms with Gasteiger partial charge in [0.05, 0.1) is 7.11 Å². The second kappa shape index (κ2) is 7.97. The van der Waals surface area contributed by atoms with E-state index in [2.05, 4.69) is 39.4 Å². The smallest absolute Gasteiger partial charge is 0.322 e. The summed E-state index contributed by atoms with van der Waals surface area (Å²) in [5.41, 5.74) is 0. The molecule has 0 saturated heterocycles. The van der Waals surface area contributed by atoms with Gasteiger partial charge < -0.3 is 15.4 Å². The van der Waals surface area contributed by atoms with Gasteiger partial charge in [-0.2, -0.15) is 26.7 Å². The molecule has 1 aromatic heterocycles. The van der Waals surface area contributed by atoms with Gasteiger partial charge in [-0.3, -0.25) is 0 Å². The van der Waals surface area contributed by atoms with Crippen LogP contribution in [0.3, 0.4) is 0 Å². The van der Waals surface area contributed by atoms with Crippen LogP contribution < -0.4 is 15.4 Å². The van der Waals surface area contributed by atoms with Gasteiger partial charge in [0, 0.05) is 13.1 Å². The van der Waals surface area contributed by atoms with Crippen molar-refractivity contribution in [2.24, 2.45) is 0 Å². The standard InChI is InChI=1S/C11H21N5OS/c1-5-18-7-6-8(2)13-10-14-9(12-3)15-11(16-10)17-4/h8H,5-7H2,1-4H3,(H2,12,13,14,15,16). The van der Waals surface area contributed by atoms with E-state index in [1.807, 2.05) is 11.8 Å². The quantitative estimate of drug-likeness (QED) is 0.699. The summed E-state index contributed by atoms with van der Waals surface area (Å²) in [6, 6.07) is 0.632. The van der Waals surface area contributed by atoms with Crippen LogP contribution in [-0.2, 0) is 0 Å². The van der Waals surface area contributed by atoms with Crippen molar-refractivity contribution in [3.63, 3.8) is 0 Å². The summed E-state index contributed by atoms with van der Waals surface area (Å²) in [7, 11) is 3.31. The van der Waals surface area contributed by atoms with Gasteiger partial charge in [-0.15, -0.1) is 0 Å². The Morgan fingerprint density at radius 1 is 1.28 bits per heavy atom. The number of methoxy groups -OCH3 is 1. The first-order valence-corrected chi connectivity index (χ1v) is 7.17. The molecule has 2 N–H and O–H groups in total. The lowest BCUT2D eigenvalue weighted by molar-refractivity contribution is 0.379. The van der Waals surface area contributed by atoms with Crippen molar-refractivity contribution in [3.8, 4) is 6.01 Å². The third-order valence-electron chi connectivity index (χ3n) is 2.30. The number of hydrogen-bond donors (Lipinski definition) is 2. The number of rotatable bonds is 8. The highest BCUT2D eigenvalue weighted by Gasteiger charge is 2.08. The molecule has 0 aliphatic carbocycles. The molecule has 0 aromatic carbocycles. The van der Waals surface area contributed by atoms with Crippen molar-refractivity contribution in [1.29, 1.82) is 0 Å². The van der Waals surface area contributed by atoms with E-state index in [4.69, 9.17) is 4.74 Å². The predicted molar refractivity (Wildman–Crippen MR) is 76.6 cm³/mol. The van der Waals surface area contributed by atoms with Crippen LogP contribution in [0.4, 0.5) is 11.9 Å². The number of aromatic nitrogens is 3. The first kappa shape index (κ1) is 14.8. The molecule has 1 rings (SSSR count). The molecule has 18 heavy (non-hydrogen) atoms. The molecule has 1 heterocycles. The first-order chi connectivity index (χ1) is 8.69. The minimum absolute atomic E-state index is 0.312. The molecule has 1 atom stereocenters. The summed E-state index contributed by atoms with van der Waals surface area (Å²) in [5, 5.41) is 6.14. The topological polar surface area (TPSA) is 72.0 Å². The Morgan fingerprint density at radius 2 is 2.00 bits per heavy atom. The van der Waals surface area contributed by atoms with Crippen molar-refractivity contribution in [1.82, 2.24) is 15.0 Å². The van der Waals surface area contributed by atoms with E-state index in [-0.39, 0.29) is 0 Å². The van der Waals surface area contributed by atoms with Crippen LogP contribution in [0.1, 0.15) is 20.3 Å². The molecule has 0 fully saturated rings. The van der Waals surface area contributed by atoms with Crippen LogP contribution >= 0.6 is 11.8 Å². The fourth-order valence-corrected chi connectivity index (χ4v) is 2.13. The highest BCUT2D eigenvalue weighted by atomic mass is 32.2. The number of ether oxygens (including phenoxy) is 1. The Balaban J connectivity index is 2.59. The third kappa shape index (κ3) is 4.95. The lowest BCUT2D eigenvalue weighted by atomic mass is 10.3. The number of nitrogens with one attached hydrogen (secondary N) is 2. The van der Waals surface area contributed by atoms with E-state index in [0.717, 1.165) is 17.9 Å². The van der Waals surface area contributed by atoms with Crippen molar-refractivity contribution in [2.75, 3.05) is 36.3 Å². The van der Waals surface area contributed by atoms with E-state index >= 15 is 0 Å². The Morgan fingerprint density at radius 3 is 2.61 bits per heavy atom. The molecule has 0 spiro atoms.